The minimum Gasteiger partial charge on any atom is -0.377 e. The van der Waals surface area contributed by atoms with Crippen LogP contribution in [-0.4, -0.2) is 77.0 Å². The van der Waals surface area contributed by atoms with Gasteiger partial charge in [-0.15, -0.1) is 0 Å². The molecule has 0 spiro atoms. The van der Waals surface area contributed by atoms with Crippen molar-refractivity contribution in [1.82, 2.24) is 25.1 Å². The molecule has 2 amide bonds. The van der Waals surface area contributed by atoms with Gasteiger partial charge in [0.1, 0.15) is 5.82 Å². The van der Waals surface area contributed by atoms with Crippen molar-refractivity contribution in [2.45, 2.75) is 45.7 Å². The van der Waals surface area contributed by atoms with Gasteiger partial charge in [-0.05, 0) is 45.8 Å². The van der Waals surface area contributed by atoms with Crippen LogP contribution >= 0.6 is 0 Å². The average Bonchev–Trinajstić information content (AvgIpc) is 3.12. The first-order valence-electron chi connectivity index (χ1n) is 9.68. The van der Waals surface area contributed by atoms with E-state index in [4.69, 9.17) is 4.74 Å². The van der Waals surface area contributed by atoms with Crippen LogP contribution in [0.5, 0.6) is 0 Å². The number of nitrogens with zero attached hydrogens (tertiary/aromatic N) is 4. The predicted octanol–water partition coefficient (Wildman–Crippen LogP) is 0.423. The molecule has 0 saturated carbocycles. The van der Waals surface area contributed by atoms with E-state index in [0.717, 1.165) is 37.3 Å². The fourth-order valence-electron chi connectivity index (χ4n) is 3.72. The lowest BCUT2D eigenvalue weighted by Crippen LogP contribution is -2.53. The van der Waals surface area contributed by atoms with Crippen LogP contribution in [0.2, 0.25) is 0 Å². The Labute approximate surface area is 160 Å². The zero-order valence-corrected chi connectivity index (χ0v) is 16.2. The van der Waals surface area contributed by atoms with Gasteiger partial charge in [-0.1, -0.05) is 0 Å². The fraction of sp³-hybridized carbons (Fsp3) is 0.684. The molecule has 1 aromatic rings. The van der Waals surface area contributed by atoms with Crippen LogP contribution in [0.3, 0.4) is 0 Å². The monoisotopic (exact) mass is 375 g/mol. The lowest BCUT2D eigenvalue weighted by Gasteiger charge is -2.36. The summed E-state index contributed by atoms with van der Waals surface area (Å²) in [5.74, 6) is 0.575. The van der Waals surface area contributed by atoms with Gasteiger partial charge >= 0.3 is 0 Å². The summed E-state index contributed by atoms with van der Waals surface area (Å²) >= 11 is 0. The lowest BCUT2D eigenvalue weighted by atomic mass is 10.1. The van der Waals surface area contributed by atoms with Crippen LogP contribution in [0, 0.1) is 13.8 Å². The summed E-state index contributed by atoms with van der Waals surface area (Å²) in [4.78, 5) is 37.7. The highest BCUT2D eigenvalue weighted by molar-refractivity contribution is 5.81. The maximum atomic E-state index is 12.7. The smallest absolute Gasteiger partial charge is 0.237 e. The number of carbonyl (C=O) groups is 2. The second kappa shape index (κ2) is 9.23. The summed E-state index contributed by atoms with van der Waals surface area (Å²) in [5, 5.41) is 2.87. The zero-order valence-electron chi connectivity index (χ0n) is 16.2. The topological polar surface area (TPSA) is 87.7 Å². The maximum absolute atomic E-state index is 12.7. The molecule has 2 fully saturated rings. The second-order valence-electron chi connectivity index (χ2n) is 7.35. The largest absolute Gasteiger partial charge is 0.377 e. The van der Waals surface area contributed by atoms with E-state index in [1.54, 1.807) is 0 Å². The van der Waals surface area contributed by atoms with E-state index in [1.165, 1.54) is 0 Å². The van der Waals surface area contributed by atoms with Gasteiger partial charge in [0.25, 0.3) is 0 Å². The number of rotatable bonds is 6. The van der Waals surface area contributed by atoms with Crippen molar-refractivity contribution in [3.63, 3.8) is 0 Å². The van der Waals surface area contributed by atoms with Crippen LogP contribution < -0.4 is 5.32 Å². The molecule has 8 heteroatoms. The number of hydrogen-bond donors (Lipinski definition) is 1. The Hall–Kier alpha value is -2.06. The van der Waals surface area contributed by atoms with E-state index < -0.39 is 0 Å². The predicted molar refractivity (Wildman–Crippen MR) is 100.0 cm³/mol. The molecular weight excluding hydrogens is 346 g/mol. The van der Waals surface area contributed by atoms with E-state index in [-0.39, 0.29) is 30.8 Å². The molecule has 1 atom stereocenters. The molecule has 27 heavy (non-hydrogen) atoms. The Morgan fingerprint density at radius 2 is 1.89 bits per heavy atom. The molecule has 0 radical (unpaired) electrons. The zero-order chi connectivity index (χ0) is 19.2. The molecule has 8 nitrogen and oxygen atoms in total. The number of ether oxygens (including phenoxy) is 1. The van der Waals surface area contributed by atoms with Gasteiger partial charge in [0.2, 0.25) is 11.8 Å². The molecule has 148 valence electrons. The first kappa shape index (κ1) is 19.7. The van der Waals surface area contributed by atoms with Gasteiger partial charge in [0.15, 0.2) is 0 Å². The van der Waals surface area contributed by atoms with Gasteiger partial charge in [0, 0.05) is 24.4 Å². The quantitative estimate of drug-likeness (QED) is 0.776. The molecule has 0 bridgehead atoms. The number of morpholine rings is 1. The molecule has 1 N–H and O–H groups in total. The highest BCUT2D eigenvalue weighted by Crippen LogP contribution is 2.14. The molecule has 3 rings (SSSR count). The van der Waals surface area contributed by atoms with Crippen molar-refractivity contribution in [3.05, 3.63) is 23.3 Å². The summed E-state index contributed by atoms with van der Waals surface area (Å²) in [6.07, 6.45) is 2.54. The highest BCUT2D eigenvalue weighted by atomic mass is 16.5. The van der Waals surface area contributed by atoms with Gasteiger partial charge < -0.3 is 15.0 Å². The Bertz CT molecular complexity index is 655. The third-order valence-electron chi connectivity index (χ3n) is 5.00. The van der Waals surface area contributed by atoms with Crippen LogP contribution in [-0.2, 0) is 20.9 Å². The maximum Gasteiger partial charge on any atom is 0.237 e. The van der Waals surface area contributed by atoms with E-state index >= 15 is 0 Å². The van der Waals surface area contributed by atoms with Crippen LogP contribution in [0.25, 0.3) is 0 Å². The van der Waals surface area contributed by atoms with Gasteiger partial charge in [-0.3, -0.25) is 14.5 Å². The van der Waals surface area contributed by atoms with Crippen LogP contribution in [0.15, 0.2) is 6.07 Å². The Morgan fingerprint density at radius 1 is 1.19 bits per heavy atom. The summed E-state index contributed by atoms with van der Waals surface area (Å²) in [7, 11) is 0. The van der Waals surface area contributed by atoms with E-state index in [2.05, 4.69) is 20.2 Å². The normalized spacial score (nSPS) is 20.7. The standard InChI is InChI=1S/C19H29N5O3/c1-14-9-15(2)22-17(21-14)11-20-18(25)10-16-13-27-8-7-24(16)19(26)12-23-5-3-4-6-23/h9,16H,3-8,10-13H2,1-2H3,(H,20,25). The van der Waals surface area contributed by atoms with Crippen molar-refractivity contribution in [3.8, 4) is 0 Å². The molecule has 0 aromatic carbocycles. The van der Waals surface area contributed by atoms with Gasteiger partial charge in [0.05, 0.1) is 32.3 Å². The number of aryl methyl sites for hydroxylation is 2. The lowest BCUT2D eigenvalue weighted by molar-refractivity contribution is -0.142. The molecule has 0 aliphatic carbocycles. The number of likely N-dealkylation sites (tertiary alicyclic amines) is 1. The van der Waals surface area contributed by atoms with E-state index in [9.17, 15) is 9.59 Å². The van der Waals surface area contributed by atoms with Crippen LogP contribution in [0.1, 0.15) is 36.5 Å². The SMILES string of the molecule is Cc1cc(C)nc(CNC(=O)CC2COCCN2C(=O)CN2CCCC2)n1. The second-order valence-corrected chi connectivity index (χ2v) is 7.35. The number of carbonyl (C=O) groups excluding carboxylic acids is 2. The van der Waals surface area contributed by atoms with Gasteiger partial charge in [-0.2, -0.15) is 0 Å². The third kappa shape index (κ3) is 5.71. The molecular formula is C19H29N5O3. The van der Waals surface area contributed by atoms with E-state index in [1.807, 2.05) is 24.8 Å². The molecule has 2 saturated heterocycles. The summed E-state index contributed by atoms with van der Waals surface area (Å²) in [6.45, 7) is 7.98. The molecule has 2 aliphatic heterocycles. The number of nitrogens with one attached hydrogen (secondary N) is 1. The number of aromatic nitrogens is 2. The summed E-state index contributed by atoms with van der Waals surface area (Å²) < 4.78 is 5.52. The number of amides is 2. The van der Waals surface area contributed by atoms with Gasteiger partial charge in [-0.25, -0.2) is 9.97 Å². The Kier molecular flexibility index (Phi) is 6.73. The average molecular weight is 375 g/mol. The third-order valence-corrected chi connectivity index (χ3v) is 5.00. The van der Waals surface area contributed by atoms with Crippen molar-refractivity contribution in [2.24, 2.45) is 0 Å². The Morgan fingerprint density at radius 3 is 2.59 bits per heavy atom. The molecule has 3 heterocycles. The minimum atomic E-state index is -0.214. The van der Waals surface area contributed by atoms with Crippen molar-refractivity contribution < 1.29 is 14.3 Å². The van der Waals surface area contributed by atoms with Crippen molar-refractivity contribution in [1.29, 1.82) is 0 Å². The first-order chi connectivity index (χ1) is 13.0. The molecule has 1 aromatic heterocycles. The fourth-order valence-corrected chi connectivity index (χ4v) is 3.72. The molecule has 2 aliphatic rings. The van der Waals surface area contributed by atoms with Crippen molar-refractivity contribution >= 4 is 11.8 Å². The van der Waals surface area contributed by atoms with E-state index in [0.29, 0.717) is 32.1 Å². The van der Waals surface area contributed by atoms with Crippen molar-refractivity contribution in [2.75, 3.05) is 39.4 Å². The summed E-state index contributed by atoms with van der Waals surface area (Å²) in [5.41, 5.74) is 1.76. The number of hydrogen-bond acceptors (Lipinski definition) is 6. The summed E-state index contributed by atoms with van der Waals surface area (Å²) in [6, 6.07) is 1.68. The Balaban J connectivity index is 1.51. The minimum absolute atomic E-state index is 0.0932. The highest BCUT2D eigenvalue weighted by Gasteiger charge is 2.30. The van der Waals surface area contributed by atoms with Crippen LogP contribution in [0.4, 0.5) is 0 Å². The molecule has 1 unspecified atom stereocenters. The first-order valence-corrected chi connectivity index (χ1v) is 9.68.